The van der Waals surface area contributed by atoms with Gasteiger partial charge < -0.3 is 5.32 Å². The van der Waals surface area contributed by atoms with Crippen molar-refractivity contribution in [1.82, 2.24) is 10.2 Å². The monoisotopic (exact) mass is 317 g/mol. The van der Waals surface area contributed by atoms with E-state index in [-0.39, 0.29) is 10.6 Å². The molecule has 0 bridgehead atoms. The average Bonchev–Trinajstić information content (AvgIpc) is 2.95. The summed E-state index contributed by atoms with van der Waals surface area (Å²) in [7, 11) is 0. The van der Waals surface area contributed by atoms with Gasteiger partial charge in [-0.2, -0.15) is 0 Å². The van der Waals surface area contributed by atoms with Gasteiger partial charge in [-0.15, -0.1) is 11.3 Å². The molecule has 1 aliphatic heterocycles. The number of hydrogen-bond acceptors (Lipinski definition) is 5. The zero-order valence-corrected chi connectivity index (χ0v) is 13.3. The van der Waals surface area contributed by atoms with Gasteiger partial charge in [0.1, 0.15) is 0 Å². The van der Waals surface area contributed by atoms with Crippen LogP contribution in [0.3, 0.4) is 0 Å². The Kier molecular flexibility index (Phi) is 4.52. The van der Waals surface area contributed by atoms with E-state index in [0.29, 0.717) is 11.6 Å². The lowest BCUT2D eigenvalue weighted by Gasteiger charge is -2.31. The molecule has 0 spiro atoms. The van der Waals surface area contributed by atoms with E-state index in [4.69, 9.17) is 0 Å². The summed E-state index contributed by atoms with van der Waals surface area (Å²) in [5.74, 6) is 0. The molecule has 1 fully saturated rings. The molecule has 3 rings (SSSR count). The van der Waals surface area contributed by atoms with Crippen molar-refractivity contribution in [2.45, 2.75) is 19.5 Å². The highest BCUT2D eigenvalue weighted by atomic mass is 32.1. The second kappa shape index (κ2) is 6.56. The highest BCUT2D eigenvalue weighted by Gasteiger charge is 2.18. The SMILES string of the molecule is CC1CN(Cc2ccc(-c3ccccc3[N+](=O)[O-])s2)CCN1. The lowest BCUT2D eigenvalue weighted by Crippen LogP contribution is -2.48. The number of benzene rings is 1. The molecule has 116 valence electrons. The predicted molar refractivity (Wildman–Crippen MR) is 89.2 cm³/mol. The number of piperazine rings is 1. The van der Waals surface area contributed by atoms with E-state index in [9.17, 15) is 10.1 Å². The zero-order valence-electron chi connectivity index (χ0n) is 12.5. The van der Waals surface area contributed by atoms with Gasteiger partial charge in [-0.25, -0.2) is 0 Å². The Labute approximate surface area is 133 Å². The Bertz CT molecular complexity index is 671. The summed E-state index contributed by atoms with van der Waals surface area (Å²) in [6.07, 6.45) is 0. The maximum Gasteiger partial charge on any atom is 0.278 e. The quantitative estimate of drug-likeness (QED) is 0.695. The normalized spacial score (nSPS) is 19.2. The molecule has 5 nitrogen and oxygen atoms in total. The molecule has 0 radical (unpaired) electrons. The second-order valence-electron chi connectivity index (χ2n) is 5.63. The van der Waals surface area contributed by atoms with Crippen molar-refractivity contribution in [3.05, 3.63) is 51.4 Å². The minimum Gasteiger partial charge on any atom is -0.312 e. The van der Waals surface area contributed by atoms with Crippen LogP contribution in [0.15, 0.2) is 36.4 Å². The van der Waals surface area contributed by atoms with Gasteiger partial charge in [0, 0.05) is 48.0 Å². The third-order valence-corrected chi connectivity index (χ3v) is 4.96. The van der Waals surface area contributed by atoms with Crippen molar-refractivity contribution in [1.29, 1.82) is 0 Å². The molecule has 1 aromatic carbocycles. The van der Waals surface area contributed by atoms with Gasteiger partial charge in [0.2, 0.25) is 0 Å². The third-order valence-electron chi connectivity index (χ3n) is 3.86. The summed E-state index contributed by atoms with van der Waals surface area (Å²) in [5.41, 5.74) is 0.879. The van der Waals surface area contributed by atoms with Crippen molar-refractivity contribution >= 4 is 17.0 Å². The van der Waals surface area contributed by atoms with Gasteiger partial charge in [-0.3, -0.25) is 15.0 Å². The van der Waals surface area contributed by atoms with E-state index < -0.39 is 0 Å². The maximum atomic E-state index is 11.1. The van der Waals surface area contributed by atoms with Crippen LogP contribution in [0, 0.1) is 10.1 Å². The molecule has 1 unspecified atom stereocenters. The third kappa shape index (κ3) is 3.35. The average molecular weight is 317 g/mol. The number of nitro benzene ring substituents is 1. The van der Waals surface area contributed by atoms with E-state index >= 15 is 0 Å². The summed E-state index contributed by atoms with van der Waals surface area (Å²) >= 11 is 1.65. The molecule has 1 aliphatic rings. The number of hydrogen-bond donors (Lipinski definition) is 1. The van der Waals surface area contributed by atoms with Crippen LogP contribution in [0.4, 0.5) is 5.69 Å². The van der Waals surface area contributed by atoms with Gasteiger partial charge in [0.15, 0.2) is 0 Å². The van der Waals surface area contributed by atoms with E-state index in [1.54, 1.807) is 23.5 Å². The van der Waals surface area contributed by atoms with Gasteiger partial charge in [0.05, 0.1) is 10.5 Å². The molecule has 0 saturated carbocycles. The molecule has 1 atom stereocenters. The molecular weight excluding hydrogens is 298 g/mol. The zero-order chi connectivity index (χ0) is 15.5. The lowest BCUT2D eigenvalue weighted by atomic mass is 10.1. The van der Waals surface area contributed by atoms with Crippen LogP contribution >= 0.6 is 11.3 Å². The molecule has 6 heteroatoms. The fraction of sp³-hybridized carbons (Fsp3) is 0.375. The molecule has 1 aromatic heterocycles. The minimum absolute atomic E-state index is 0.173. The number of nitrogens with one attached hydrogen (secondary N) is 1. The standard InChI is InChI=1S/C16H19N3O2S/c1-12-10-18(9-8-17-12)11-13-6-7-16(22-13)14-4-2-3-5-15(14)19(20)21/h2-7,12,17H,8-11H2,1H3. The van der Waals surface area contributed by atoms with Crippen molar-refractivity contribution in [3.63, 3.8) is 0 Å². The van der Waals surface area contributed by atoms with Crippen molar-refractivity contribution in [2.24, 2.45) is 0 Å². The lowest BCUT2D eigenvalue weighted by molar-refractivity contribution is -0.384. The predicted octanol–water partition coefficient (Wildman–Crippen LogP) is 3.12. The van der Waals surface area contributed by atoms with Crippen LogP contribution in [0.1, 0.15) is 11.8 Å². The van der Waals surface area contributed by atoms with Crippen molar-refractivity contribution in [2.75, 3.05) is 19.6 Å². The van der Waals surface area contributed by atoms with Crippen LogP contribution in [-0.2, 0) is 6.54 Å². The van der Waals surface area contributed by atoms with E-state index in [1.807, 2.05) is 18.2 Å². The number of nitrogens with zero attached hydrogens (tertiary/aromatic N) is 2. The highest BCUT2D eigenvalue weighted by molar-refractivity contribution is 7.15. The highest BCUT2D eigenvalue weighted by Crippen LogP contribution is 2.35. The van der Waals surface area contributed by atoms with E-state index in [2.05, 4.69) is 23.2 Å². The topological polar surface area (TPSA) is 58.4 Å². The van der Waals surface area contributed by atoms with Crippen molar-refractivity contribution in [3.8, 4) is 10.4 Å². The Morgan fingerprint density at radius 3 is 2.95 bits per heavy atom. The first-order chi connectivity index (χ1) is 10.6. The van der Waals surface area contributed by atoms with Gasteiger partial charge in [-0.05, 0) is 25.1 Å². The smallest absolute Gasteiger partial charge is 0.278 e. The van der Waals surface area contributed by atoms with Crippen LogP contribution in [0.2, 0.25) is 0 Å². The van der Waals surface area contributed by atoms with Crippen LogP contribution in [-0.4, -0.2) is 35.5 Å². The fourth-order valence-electron chi connectivity index (χ4n) is 2.83. The van der Waals surface area contributed by atoms with Gasteiger partial charge in [-0.1, -0.05) is 12.1 Å². The molecule has 0 aliphatic carbocycles. The van der Waals surface area contributed by atoms with Crippen molar-refractivity contribution < 1.29 is 4.92 Å². The molecule has 1 N–H and O–H groups in total. The van der Waals surface area contributed by atoms with E-state index in [1.165, 1.54) is 4.88 Å². The molecule has 1 saturated heterocycles. The fourth-order valence-corrected chi connectivity index (χ4v) is 3.91. The van der Waals surface area contributed by atoms with E-state index in [0.717, 1.165) is 31.1 Å². The summed E-state index contributed by atoms with van der Waals surface area (Å²) < 4.78 is 0. The summed E-state index contributed by atoms with van der Waals surface area (Å²) in [6.45, 7) is 6.21. The maximum absolute atomic E-state index is 11.1. The molecule has 2 aromatic rings. The minimum atomic E-state index is -0.313. The number of nitro groups is 1. The van der Waals surface area contributed by atoms with Gasteiger partial charge >= 0.3 is 0 Å². The van der Waals surface area contributed by atoms with Crippen LogP contribution in [0.5, 0.6) is 0 Å². The Morgan fingerprint density at radius 2 is 2.18 bits per heavy atom. The Hall–Kier alpha value is -1.76. The molecule has 2 heterocycles. The first-order valence-electron chi connectivity index (χ1n) is 7.42. The number of para-hydroxylation sites is 1. The summed E-state index contributed by atoms with van der Waals surface area (Å²) in [6, 6.07) is 11.5. The second-order valence-corrected chi connectivity index (χ2v) is 6.80. The first kappa shape index (κ1) is 15.1. The Balaban J connectivity index is 1.78. The number of thiophene rings is 1. The summed E-state index contributed by atoms with van der Waals surface area (Å²) in [4.78, 5) is 15.5. The molecular formula is C16H19N3O2S. The van der Waals surface area contributed by atoms with Crippen LogP contribution in [0.25, 0.3) is 10.4 Å². The van der Waals surface area contributed by atoms with Crippen LogP contribution < -0.4 is 5.32 Å². The summed E-state index contributed by atoms with van der Waals surface area (Å²) in [5, 5.41) is 14.6. The largest absolute Gasteiger partial charge is 0.312 e. The number of rotatable bonds is 4. The molecule has 22 heavy (non-hydrogen) atoms. The molecule has 0 amide bonds. The Morgan fingerprint density at radius 1 is 1.36 bits per heavy atom. The first-order valence-corrected chi connectivity index (χ1v) is 8.23. The van der Waals surface area contributed by atoms with Gasteiger partial charge in [0.25, 0.3) is 5.69 Å².